The van der Waals surface area contributed by atoms with Crippen molar-refractivity contribution in [1.82, 2.24) is 0 Å². The zero-order chi connectivity index (χ0) is 55.8. The number of aliphatic carboxylic acids is 3. The number of thiocarbonyl (C=S) groups is 1. The van der Waals surface area contributed by atoms with Crippen molar-refractivity contribution in [3.63, 3.8) is 0 Å². The maximum absolute atomic E-state index is 12.3. The fraction of sp³-hybridized carbons (Fsp3) is 0.639. The van der Waals surface area contributed by atoms with E-state index in [1.807, 2.05) is 0 Å². The van der Waals surface area contributed by atoms with Crippen LogP contribution in [0.1, 0.15) is 224 Å². The summed E-state index contributed by atoms with van der Waals surface area (Å²) in [4.78, 5) is 36.8. The molecule has 0 saturated heterocycles. The van der Waals surface area contributed by atoms with Crippen LogP contribution in [-0.2, 0) is 81.7 Å². The average Bonchev–Trinajstić information content (AvgIpc) is 3.22. The molecule has 11 heteroatoms. The van der Waals surface area contributed by atoms with Crippen molar-refractivity contribution >= 4 is 35.2 Å². The minimum absolute atomic E-state index is 0.0592. The fourth-order valence-corrected chi connectivity index (χ4v) is 10.9. The van der Waals surface area contributed by atoms with Crippen molar-refractivity contribution in [2.75, 3.05) is 26.4 Å². The van der Waals surface area contributed by atoms with Crippen molar-refractivity contribution in [3.8, 4) is 0 Å². The number of ether oxygens (including phenoxy) is 1. The Balaban J connectivity index is 3.28. The number of aryl methyl sites for hydroxylation is 3. The molecule has 0 aliphatic heterocycles. The van der Waals surface area contributed by atoms with Crippen molar-refractivity contribution in [2.24, 2.45) is 5.41 Å². The van der Waals surface area contributed by atoms with Gasteiger partial charge in [0.1, 0.15) is 6.61 Å². The Labute approximate surface area is 438 Å². The molecule has 3 aromatic rings. The molecule has 0 aromatic heterocycles. The Morgan fingerprint density at radius 1 is 0.417 bits per heavy atom. The first-order valence-corrected chi connectivity index (χ1v) is 26.1. The highest BCUT2D eigenvalue weighted by Crippen LogP contribution is 2.61. The van der Waals surface area contributed by atoms with E-state index in [9.17, 15) is 45.0 Å². The maximum Gasteiger partial charge on any atom is 0.303 e. The number of aliphatic hydroxyl groups is 3. The minimum atomic E-state index is -1.55. The van der Waals surface area contributed by atoms with Crippen LogP contribution in [0.4, 0.5) is 0 Å². The highest BCUT2D eigenvalue weighted by atomic mass is 32.1. The van der Waals surface area contributed by atoms with E-state index in [1.165, 1.54) is 0 Å². The molecule has 0 unspecified atom stereocenters. The first kappa shape index (κ1) is 62.1. The van der Waals surface area contributed by atoms with E-state index < -0.39 is 86.5 Å². The Bertz CT molecular complexity index is 2250. The zero-order valence-electron chi connectivity index (χ0n) is 47.8. The molecule has 3 aromatic carbocycles. The van der Waals surface area contributed by atoms with E-state index in [4.69, 9.17) is 17.0 Å². The Kier molecular flexibility index (Phi) is 19.0. The Morgan fingerprint density at radius 3 is 0.833 bits per heavy atom. The first-order chi connectivity index (χ1) is 32.5. The summed E-state index contributed by atoms with van der Waals surface area (Å²) in [6.45, 7) is 41.1. The molecule has 0 heterocycles. The topological polar surface area (TPSA) is 182 Å². The molecule has 0 fully saturated rings. The molecule has 6 N–H and O–H groups in total. The van der Waals surface area contributed by atoms with Gasteiger partial charge in [-0.15, -0.1) is 0 Å². The monoisotopic (exact) mass is 1020 g/mol. The number of carboxylic acids is 3. The fourth-order valence-electron chi connectivity index (χ4n) is 10.3. The van der Waals surface area contributed by atoms with Crippen LogP contribution in [0.5, 0.6) is 0 Å². The van der Waals surface area contributed by atoms with Crippen molar-refractivity contribution in [3.05, 3.63) is 103 Å². The van der Waals surface area contributed by atoms with Crippen LogP contribution < -0.4 is 0 Å². The van der Waals surface area contributed by atoms with Crippen LogP contribution in [-0.4, -0.2) is 80.0 Å². The molecule has 0 radical (unpaired) electrons. The number of hydrogen-bond donors (Lipinski definition) is 6. The summed E-state index contributed by atoms with van der Waals surface area (Å²) >= 11 is 7.16. The number of rotatable bonds is 19. The normalized spacial score (nSPS) is 13.6. The van der Waals surface area contributed by atoms with Crippen molar-refractivity contribution < 1.29 is 49.8 Å². The molecule has 402 valence electrons. The van der Waals surface area contributed by atoms with Crippen molar-refractivity contribution in [1.29, 1.82) is 0 Å². The van der Waals surface area contributed by atoms with E-state index >= 15 is 0 Å². The molecule has 0 amide bonds. The third-order valence-corrected chi connectivity index (χ3v) is 14.9. The second-order valence-corrected chi connectivity index (χ2v) is 27.7. The van der Waals surface area contributed by atoms with E-state index in [0.29, 0.717) is 6.42 Å². The summed E-state index contributed by atoms with van der Waals surface area (Å²) in [7, 11) is 0. The van der Waals surface area contributed by atoms with Gasteiger partial charge in [0.2, 0.25) is 0 Å². The maximum atomic E-state index is 12.3. The Morgan fingerprint density at radius 2 is 0.639 bits per heavy atom. The number of hydrogen-bond acceptors (Lipinski definition) is 8. The summed E-state index contributed by atoms with van der Waals surface area (Å²) in [6, 6.07) is 12.9. The summed E-state index contributed by atoms with van der Waals surface area (Å²) < 4.78 is 7.22. The lowest BCUT2D eigenvalue weighted by Gasteiger charge is -2.56. The third-order valence-electron chi connectivity index (χ3n) is 14.5. The van der Waals surface area contributed by atoms with Gasteiger partial charge in [-0.2, -0.15) is 0 Å². The van der Waals surface area contributed by atoms with E-state index in [2.05, 4.69) is 175 Å². The molecule has 0 bridgehead atoms. The molecule has 10 nitrogen and oxygen atoms in total. The van der Waals surface area contributed by atoms with Gasteiger partial charge < -0.3 is 35.4 Å². The van der Waals surface area contributed by atoms with E-state index in [-0.39, 0.29) is 43.8 Å². The highest BCUT2D eigenvalue weighted by Gasteiger charge is 2.61. The SMILES string of the molecule is CC(C)(C)c1cc(CCC(=O)O)cc(C(C)(C)C)c1C(C)(C)C(C(=S)OCC(CO)(CO)CO)(c1c(C(C)(C)C)cc(CCC(=O)O)cc1C(C)(C)C)c1c(C(C)(C)C)cc(CCC(=O)O)cc1C(C)(C)C. The van der Waals surface area contributed by atoms with Gasteiger partial charge in [0.25, 0.3) is 0 Å². The lowest BCUT2D eigenvalue weighted by atomic mass is 9.47. The lowest BCUT2D eigenvalue weighted by molar-refractivity contribution is -0.138. The van der Waals surface area contributed by atoms with Crippen LogP contribution in [0.15, 0.2) is 36.4 Å². The molecule has 0 aliphatic carbocycles. The molecular formula is C61H92O10S. The molecule has 0 atom stereocenters. The van der Waals surface area contributed by atoms with Crippen LogP contribution in [0.3, 0.4) is 0 Å². The van der Waals surface area contributed by atoms with E-state index in [0.717, 1.165) is 66.8 Å². The summed E-state index contributed by atoms with van der Waals surface area (Å²) in [5.74, 6) is -2.72. The molecule has 3 rings (SSSR count). The predicted octanol–water partition coefficient (Wildman–Crippen LogP) is 12.1. The predicted molar refractivity (Wildman–Crippen MR) is 295 cm³/mol. The molecule has 0 spiro atoms. The standard InChI is InChI=1S/C61H92O10S/c1-53(2,3)40-27-37(21-24-46(65)66)28-41(54(4,5)6)49(40)59(19,20)61(52(72)71-36-60(33-62,34-63)35-64,50-42(55(7,8)9)29-38(22-25-47(67)68)30-43(50)56(10,11)12)51-44(57(13,14)15)31-39(23-26-48(69)70)32-45(51)58(16,17)18/h27-32,62-64H,21-26,33-36H2,1-20H3,(H,65,66)(H,67,68)(H,69,70). The average molecular weight is 1020 g/mol. The molecular weight excluding hydrogens is 925 g/mol. The summed E-state index contributed by atoms with van der Waals surface area (Å²) in [5, 5.41) is 63.0. The lowest BCUT2D eigenvalue weighted by Crippen LogP contribution is -2.58. The quantitative estimate of drug-likeness (QED) is 0.0629. The van der Waals surface area contributed by atoms with Crippen LogP contribution >= 0.6 is 12.2 Å². The first-order valence-electron chi connectivity index (χ1n) is 25.7. The molecule has 0 saturated carbocycles. The van der Waals surface area contributed by atoms with Gasteiger partial charge in [-0.05, 0) is 131 Å². The van der Waals surface area contributed by atoms with Crippen molar-refractivity contribution in [2.45, 2.75) is 220 Å². The highest BCUT2D eigenvalue weighted by molar-refractivity contribution is 7.80. The van der Waals surface area contributed by atoms with Crippen LogP contribution in [0, 0.1) is 5.41 Å². The van der Waals surface area contributed by atoms with Gasteiger partial charge in [-0.3, -0.25) is 14.4 Å². The van der Waals surface area contributed by atoms with Gasteiger partial charge >= 0.3 is 17.9 Å². The van der Waals surface area contributed by atoms with Crippen LogP contribution in [0.25, 0.3) is 0 Å². The summed E-state index contributed by atoms with van der Waals surface area (Å²) in [6.07, 6.45) is 0.605. The minimum Gasteiger partial charge on any atom is -0.485 e. The number of aliphatic hydroxyl groups excluding tert-OH is 3. The summed E-state index contributed by atoms with van der Waals surface area (Å²) in [5.41, 5.74) is 3.06. The molecule has 72 heavy (non-hydrogen) atoms. The largest absolute Gasteiger partial charge is 0.485 e. The van der Waals surface area contributed by atoms with Gasteiger partial charge in [0, 0.05) is 24.7 Å². The van der Waals surface area contributed by atoms with Gasteiger partial charge in [-0.1, -0.05) is 175 Å². The van der Waals surface area contributed by atoms with Gasteiger partial charge in [-0.25, -0.2) is 0 Å². The number of carbonyl (C=O) groups is 3. The van der Waals surface area contributed by atoms with Gasteiger partial charge in [0.15, 0.2) is 5.05 Å². The number of carboxylic acid groups (broad SMARTS) is 3. The Hall–Kier alpha value is -4.16. The number of benzene rings is 3. The third kappa shape index (κ3) is 13.6. The van der Waals surface area contributed by atoms with E-state index in [1.54, 1.807) is 0 Å². The van der Waals surface area contributed by atoms with Crippen LogP contribution in [0.2, 0.25) is 0 Å². The smallest absolute Gasteiger partial charge is 0.303 e. The second-order valence-electron chi connectivity index (χ2n) is 27.3. The molecule has 0 aliphatic rings. The zero-order valence-corrected chi connectivity index (χ0v) is 48.6. The van der Waals surface area contributed by atoms with Gasteiger partial charge in [0.05, 0.1) is 30.7 Å². The second kappa shape index (κ2) is 22.0.